The Bertz CT molecular complexity index is 100. The Kier molecular flexibility index (Phi) is 2.32. The van der Waals surface area contributed by atoms with Gasteiger partial charge in [-0.2, -0.15) is 0 Å². The van der Waals surface area contributed by atoms with Crippen LogP contribution < -0.4 is 5.32 Å². The van der Waals surface area contributed by atoms with Gasteiger partial charge in [-0.15, -0.1) is 0 Å². The maximum absolute atomic E-state index is 5.31. The van der Waals surface area contributed by atoms with Gasteiger partial charge in [0.15, 0.2) is 0 Å². The van der Waals surface area contributed by atoms with Crippen LogP contribution in [0.3, 0.4) is 0 Å². The summed E-state index contributed by atoms with van der Waals surface area (Å²) in [6.45, 7) is 9.11. The molecule has 0 aromatic heterocycles. The fourth-order valence-corrected chi connectivity index (χ4v) is 1.04. The van der Waals surface area contributed by atoms with Crippen molar-refractivity contribution in [2.45, 2.75) is 26.8 Å². The molecule has 1 aliphatic heterocycles. The van der Waals surface area contributed by atoms with Crippen molar-refractivity contribution in [1.29, 1.82) is 0 Å². The summed E-state index contributed by atoms with van der Waals surface area (Å²) >= 11 is 0. The first kappa shape index (κ1) is 8.02. The van der Waals surface area contributed by atoms with Crippen LogP contribution in [-0.4, -0.2) is 25.8 Å². The van der Waals surface area contributed by atoms with Gasteiger partial charge in [0.05, 0.1) is 19.3 Å². The fourth-order valence-electron chi connectivity index (χ4n) is 1.04. The van der Waals surface area contributed by atoms with Crippen LogP contribution >= 0.6 is 0 Å². The maximum atomic E-state index is 5.31. The van der Waals surface area contributed by atoms with E-state index < -0.39 is 0 Å². The Morgan fingerprint density at radius 1 is 1.40 bits per heavy atom. The lowest BCUT2D eigenvalue weighted by Crippen LogP contribution is -2.44. The van der Waals surface area contributed by atoms with Crippen molar-refractivity contribution in [1.82, 2.24) is 5.32 Å². The summed E-state index contributed by atoms with van der Waals surface area (Å²) in [5.41, 5.74) is 0.278. The summed E-state index contributed by atoms with van der Waals surface area (Å²) in [6, 6.07) is 0.404. The second-order valence-corrected chi connectivity index (χ2v) is 3.86. The van der Waals surface area contributed by atoms with Gasteiger partial charge in [0.25, 0.3) is 0 Å². The van der Waals surface area contributed by atoms with E-state index in [0.717, 1.165) is 19.8 Å². The zero-order valence-corrected chi connectivity index (χ0v) is 7.05. The molecule has 0 saturated carbocycles. The maximum Gasteiger partial charge on any atom is 0.0641 e. The molecule has 10 heavy (non-hydrogen) atoms. The van der Waals surface area contributed by atoms with Gasteiger partial charge in [0.2, 0.25) is 0 Å². The van der Waals surface area contributed by atoms with Gasteiger partial charge in [0, 0.05) is 6.54 Å². The van der Waals surface area contributed by atoms with E-state index in [9.17, 15) is 0 Å². The summed E-state index contributed by atoms with van der Waals surface area (Å²) in [6.07, 6.45) is 0. The molecule has 1 heterocycles. The lowest BCUT2D eigenvalue weighted by atomic mass is 9.87. The molecule has 59 valence electrons. The third kappa shape index (κ3) is 1.96. The van der Waals surface area contributed by atoms with E-state index in [1.54, 1.807) is 0 Å². The number of rotatable bonds is 0. The Morgan fingerprint density at radius 3 is 2.40 bits per heavy atom. The van der Waals surface area contributed by atoms with Crippen LogP contribution in [0.25, 0.3) is 0 Å². The molecule has 1 unspecified atom stereocenters. The molecule has 1 fully saturated rings. The van der Waals surface area contributed by atoms with Crippen molar-refractivity contribution in [3.05, 3.63) is 0 Å². The van der Waals surface area contributed by atoms with Gasteiger partial charge >= 0.3 is 0 Å². The molecule has 1 atom stereocenters. The Hall–Kier alpha value is -0.0800. The molecule has 0 bridgehead atoms. The number of hydrogen-bond donors (Lipinski definition) is 0. The number of hydrogen-bond acceptors (Lipinski definition) is 1. The average Bonchev–Trinajstić information content (AvgIpc) is 1.88. The Labute approximate surface area is 63.0 Å². The summed E-state index contributed by atoms with van der Waals surface area (Å²) in [4.78, 5) is 0. The third-order valence-corrected chi connectivity index (χ3v) is 1.86. The first-order valence-electron chi connectivity index (χ1n) is 3.85. The van der Waals surface area contributed by atoms with Crippen molar-refractivity contribution in [3.8, 4) is 0 Å². The summed E-state index contributed by atoms with van der Waals surface area (Å²) < 4.78 is 5.31. The molecule has 0 spiro atoms. The zero-order chi connectivity index (χ0) is 7.61. The largest absolute Gasteiger partial charge is 0.378 e. The van der Waals surface area contributed by atoms with Gasteiger partial charge < -0.3 is 4.74 Å². The predicted molar refractivity (Wildman–Crippen MR) is 41.1 cm³/mol. The topological polar surface area (TPSA) is 23.3 Å². The summed E-state index contributed by atoms with van der Waals surface area (Å²) in [5, 5.41) is 4.48. The van der Waals surface area contributed by atoms with E-state index in [-0.39, 0.29) is 5.41 Å². The zero-order valence-electron chi connectivity index (χ0n) is 7.05. The minimum atomic E-state index is 0.278. The predicted octanol–water partition coefficient (Wildman–Crippen LogP) is 1.04. The van der Waals surface area contributed by atoms with Crippen LogP contribution in [0.2, 0.25) is 0 Å². The van der Waals surface area contributed by atoms with Crippen molar-refractivity contribution < 1.29 is 4.74 Å². The van der Waals surface area contributed by atoms with E-state index in [2.05, 4.69) is 26.1 Å². The second-order valence-electron chi connectivity index (χ2n) is 3.86. The van der Waals surface area contributed by atoms with E-state index in [0.29, 0.717) is 6.04 Å². The second kappa shape index (κ2) is 2.89. The van der Waals surface area contributed by atoms with E-state index in [1.165, 1.54) is 0 Å². The summed E-state index contributed by atoms with van der Waals surface area (Å²) in [7, 11) is 0. The van der Waals surface area contributed by atoms with Gasteiger partial charge in [0.1, 0.15) is 0 Å². The lowest BCUT2D eigenvalue weighted by Gasteiger charge is -2.32. The van der Waals surface area contributed by atoms with Crippen LogP contribution in [0.4, 0.5) is 0 Å². The molecule has 0 aliphatic carbocycles. The van der Waals surface area contributed by atoms with Crippen molar-refractivity contribution in [3.63, 3.8) is 0 Å². The average molecular weight is 142 g/mol. The van der Waals surface area contributed by atoms with E-state index in [4.69, 9.17) is 4.74 Å². The smallest absolute Gasteiger partial charge is 0.0641 e. The number of nitrogens with zero attached hydrogens (tertiary/aromatic N) is 1. The van der Waals surface area contributed by atoms with Crippen LogP contribution in [-0.2, 0) is 4.74 Å². The summed E-state index contributed by atoms with van der Waals surface area (Å²) in [5.74, 6) is 0. The Balaban J connectivity index is 2.39. The first-order valence-corrected chi connectivity index (χ1v) is 3.85. The van der Waals surface area contributed by atoms with Crippen LogP contribution in [0.1, 0.15) is 20.8 Å². The molecule has 0 aromatic carbocycles. The van der Waals surface area contributed by atoms with E-state index in [1.807, 2.05) is 0 Å². The van der Waals surface area contributed by atoms with Gasteiger partial charge in [-0.25, -0.2) is 5.32 Å². The quantitative estimate of drug-likeness (QED) is 0.495. The highest BCUT2D eigenvalue weighted by atomic mass is 16.5. The molecule has 2 heteroatoms. The Morgan fingerprint density at radius 2 is 2.10 bits per heavy atom. The highest BCUT2D eigenvalue weighted by Crippen LogP contribution is 2.21. The van der Waals surface area contributed by atoms with Crippen molar-refractivity contribution >= 4 is 0 Å². The van der Waals surface area contributed by atoms with Crippen molar-refractivity contribution in [2.75, 3.05) is 19.8 Å². The molecule has 2 nitrogen and oxygen atoms in total. The third-order valence-electron chi connectivity index (χ3n) is 1.86. The van der Waals surface area contributed by atoms with Gasteiger partial charge in [-0.3, -0.25) is 0 Å². The van der Waals surface area contributed by atoms with Crippen LogP contribution in [0.5, 0.6) is 0 Å². The van der Waals surface area contributed by atoms with Crippen LogP contribution in [0, 0.1) is 5.41 Å². The number of morpholine rings is 1. The number of ether oxygens (including phenoxy) is 1. The van der Waals surface area contributed by atoms with Crippen molar-refractivity contribution in [2.24, 2.45) is 5.41 Å². The highest BCUT2D eigenvalue weighted by molar-refractivity contribution is 4.81. The van der Waals surface area contributed by atoms with Gasteiger partial charge in [-0.1, -0.05) is 20.8 Å². The molecule has 0 aromatic rings. The lowest BCUT2D eigenvalue weighted by molar-refractivity contribution is 0.0366. The fraction of sp³-hybridized carbons (Fsp3) is 1.00. The van der Waals surface area contributed by atoms with E-state index >= 15 is 0 Å². The molecular weight excluding hydrogens is 126 g/mol. The highest BCUT2D eigenvalue weighted by Gasteiger charge is 2.27. The standard InChI is InChI=1S/C8H16NO/c1-8(2,3)7-6-10-5-4-9-7/h7H,4-6H2,1-3H3. The molecular formula is C8H16NO. The molecule has 1 radical (unpaired) electrons. The minimum absolute atomic E-state index is 0.278. The van der Waals surface area contributed by atoms with Gasteiger partial charge in [-0.05, 0) is 5.41 Å². The molecule has 1 rings (SSSR count). The molecule has 1 aliphatic rings. The molecule has 1 saturated heterocycles. The molecule has 0 amide bonds. The molecule has 0 N–H and O–H groups in total. The minimum Gasteiger partial charge on any atom is -0.378 e. The normalized spacial score (nSPS) is 28.5. The monoisotopic (exact) mass is 142 g/mol. The first-order chi connectivity index (χ1) is 4.61. The van der Waals surface area contributed by atoms with Crippen LogP contribution in [0.15, 0.2) is 0 Å². The SMILES string of the molecule is CC(C)(C)C1COCC[N]1.